The van der Waals surface area contributed by atoms with Crippen molar-refractivity contribution in [1.29, 1.82) is 0 Å². The van der Waals surface area contributed by atoms with Gasteiger partial charge in [-0.25, -0.2) is 9.97 Å². The molecule has 3 aromatic heterocycles. The van der Waals surface area contributed by atoms with Crippen molar-refractivity contribution >= 4 is 21.8 Å². The number of nitrogens with one attached hydrogen (secondary N) is 1. The van der Waals surface area contributed by atoms with Crippen molar-refractivity contribution in [3.63, 3.8) is 0 Å². The number of fused-ring (bicyclic) bond motifs is 3. The quantitative estimate of drug-likeness (QED) is 0.555. The molecule has 4 nitrogen and oxygen atoms in total. The standard InChI is InChI=1S/C11H7N3O/c15-11-9-7(3-5-13-11)6-14-10-8(9)2-1-4-12-10/h1-6H,(H,13,15). The Morgan fingerprint density at radius 3 is 3.07 bits per heavy atom. The molecule has 3 aromatic rings. The minimum Gasteiger partial charge on any atom is -0.329 e. The molecule has 72 valence electrons. The van der Waals surface area contributed by atoms with Gasteiger partial charge in [0, 0.05) is 29.4 Å². The van der Waals surface area contributed by atoms with E-state index in [4.69, 9.17) is 0 Å². The minimum absolute atomic E-state index is 0.104. The Morgan fingerprint density at radius 2 is 2.13 bits per heavy atom. The van der Waals surface area contributed by atoms with E-state index in [1.807, 2.05) is 12.1 Å². The van der Waals surface area contributed by atoms with Crippen LogP contribution in [0.1, 0.15) is 0 Å². The molecule has 0 spiro atoms. The molecule has 0 fully saturated rings. The summed E-state index contributed by atoms with van der Waals surface area (Å²) in [5.41, 5.74) is 0.495. The Hall–Kier alpha value is -2.23. The molecule has 1 N–H and O–H groups in total. The molecular weight excluding hydrogens is 190 g/mol. The first-order valence-electron chi connectivity index (χ1n) is 4.57. The molecule has 0 radical (unpaired) electrons. The lowest BCUT2D eigenvalue weighted by molar-refractivity contribution is 1.26. The van der Waals surface area contributed by atoms with Gasteiger partial charge in [0.1, 0.15) is 0 Å². The first kappa shape index (κ1) is 8.11. The Kier molecular flexibility index (Phi) is 1.56. The molecule has 0 saturated heterocycles. The van der Waals surface area contributed by atoms with E-state index in [0.717, 1.165) is 10.8 Å². The zero-order chi connectivity index (χ0) is 10.3. The number of pyridine rings is 3. The third-order valence-corrected chi connectivity index (χ3v) is 2.37. The van der Waals surface area contributed by atoms with Gasteiger partial charge in [-0.1, -0.05) is 0 Å². The first-order valence-corrected chi connectivity index (χ1v) is 4.57. The third kappa shape index (κ3) is 1.11. The minimum atomic E-state index is -0.104. The van der Waals surface area contributed by atoms with Crippen LogP contribution in [0.25, 0.3) is 21.8 Å². The molecule has 0 saturated carbocycles. The highest BCUT2D eigenvalue weighted by Crippen LogP contribution is 2.17. The molecule has 0 atom stereocenters. The van der Waals surface area contributed by atoms with Crippen LogP contribution in [0.2, 0.25) is 0 Å². The lowest BCUT2D eigenvalue weighted by Crippen LogP contribution is -2.05. The predicted molar refractivity (Wildman–Crippen MR) is 57.7 cm³/mol. The van der Waals surface area contributed by atoms with Gasteiger partial charge in [0.2, 0.25) is 0 Å². The maximum atomic E-state index is 11.7. The van der Waals surface area contributed by atoms with Crippen LogP contribution in [0, 0.1) is 0 Å². The highest BCUT2D eigenvalue weighted by molar-refractivity contribution is 6.03. The summed E-state index contributed by atoms with van der Waals surface area (Å²) in [6.07, 6.45) is 4.95. The highest BCUT2D eigenvalue weighted by atomic mass is 16.1. The number of nitrogens with zero attached hydrogens (tertiary/aromatic N) is 2. The fraction of sp³-hybridized carbons (Fsp3) is 0. The highest BCUT2D eigenvalue weighted by Gasteiger charge is 2.04. The number of aromatic amines is 1. The summed E-state index contributed by atoms with van der Waals surface area (Å²) in [4.78, 5) is 22.6. The molecule has 0 amide bonds. The van der Waals surface area contributed by atoms with Gasteiger partial charge in [-0.05, 0) is 18.2 Å². The topological polar surface area (TPSA) is 58.6 Å². The molecule has 0 aliphatic heterocycles. The van der Waals surface area contributed by atoms with Crippen molar-refractivity contribution in [2.24, 2.45) is 0 Å². The van der Waals surface area contributed by atoms with Gasteiger partial charge in [-0.15, -0.1) is 0 Å². The summed E-state index contributed by atoms with van der Waals surface area (Å²) in [7, 11) is 0. The second-order valence-corrected chi connectivity index (χ2v) is 3.27. The average molecular weight is 197 g/mol. The zero-order valence-corrected chi connectivity index (χ0v) is 7.77. The summed E-state index contributed by atoms with van der Waals surface area (Å²) in [5, 5.41) is 2.27. The summed E-state index contributed by atoms with van der Waals surface area (Å²) < 4.78 is 0. The number of H-pyrrole nitrogens is 1. The smallest absolute Gasteiger partial charge is 0.256 e. The Balaban J connectivity index is 2.70. The third-order valence-electron chi connectivity index (χ3n) is 2.37. The number of hydrogen-bond acceptors (Lipinski definition) is 3. The van der Waals surface area contributed by atoms with Gasteiger partial charge in [0.15, 0.2) is 5.65 Å². The number of hydrogen-bond donors (Lipinski definition) is 1. The van der Waals surface area contributed by atoms with Gasteiger partial charge < -0.3 is 4.98 Å². The summed E-state index contributed by atoms with van der Waals surface area (Å²) in [6.45, 7) is 0. The largest absolute Gasteiger partial charge is 0.329 e. The molecule has 4 heteroatoms. The van der Waals surface area contributed by atoms with Crippen molar-refractivity contribution in [3.8, 4) is 0 Å². The summed E-state index contributed by atoms with van der Waals surface area (Å²) in [5.74, 6) is 0. The molecular formula is C11H7N3O. The van der Waals surface area contributed by atoms with Crippen LogP contribution in [0.5, 0.6) is 0 Å². The van der Waals surface area contributed by atoms with Crippen molar-refractivity contribution in [1.82, 2.24) is 15.0 Å². The van der Waals surface area contributed by atoms with Gasteiger partial charge in [-0.2, -0.15) is 0 Å². The Morgan fingerprint density at radius 1 is 1.20 bits per heavy atom. The Bertz CT molecular complexity index is 703. The second-order valence-electron chi connectivity index (χ2n) is 3.27. The maximum absolute atomic E-state index is 11.7. The summed E-state index contributed by atoms with van der Waals surface area (Å²) >= 11 is 0. The zero-order valence-electron chi connectivity index (χ0n) is 7.77. The van der Waals surface area contributed by atoms with Crippen LogP contribution in [0.4, 0.5) is 0 Å². The van der Waals surface area contributed by atoms with E-state index in [2.05, 4.69) is 15.0 Å². The van der Waals surface area contributed by atoms with E-state index in [9.17, 15) is 4.79 Å². The predicted octanol–water partition coefficient (Wildman–Crippen LogP) is 1.47. The van der Waals surface area contributed by atoms with Crippen LogP contribution >= 0.6 is 0 Å². The number of rotatable bonds is 0. The lowest BCUT2D eigenvalue weighted by atomic mass is 10.1. The van der Waals surface area contributed by atoms with Crippen molar-refractivity contribution in [3.05, 3.63) is 47.1 Å². The monoisotopic (exact) mass is 197 g/mol. The molecule has 0 bridgehead atoms. The SMILES string of the molecule is O=c1[nH]ccc2cnc3ncccc3c12. The lowest BCUT2D eigenvalue weighted by Gasteiger charge is -1.99. The van der Waals surface area contributed by atoms with E-state index in [1.165, 1.54) is 0 Å². The second kappa shape index (κ2) is 2.88. The summed E-state index contributed by atoms with van der Waals surface area (Å²) in [6, 6.07) is 5.49. The average Bonchev–Trinajstić information content (AvgIpc) is 2.29. The normalized spacial score (nSPS) is 10.9. The van der Waals surface area contributed by atoms with Gasteiger partial charge in [-0.3, -0.25) is 4.79 Å². The van der Waals surface area contributed by atoms with Gasteiger partial charge in [0.05, 0.1) is 5.39 Å². The van der Waals surface area contributed by atoms with Crippen LogP contribution in [-0.2, 0) is 0 Å². The molecule has 0 aromatic carbocycles. The van der Waals surface area contributed by atoms with E-state index in [-0.39, 0.29) is 5.56 Å². The fourth-order valence-corrected chi connectivity index (χ4v) is 1.70. The van der Waals surface area contributed by atoms with Gasteiger partial charge in [0.25, 0.3) is 5.56 Å². The molecule has 0 aliphatic carbocycles. The van der Waals surface area contributed by atoms with E-state index in [1.54, 1.807) is 24.7 Å². The van der Waals surface area contributed by atoms with Crippen LogP contribution in [0.3, 0.4) is 0 Å². The maximum Gasteiger partial charge on any atom is 0.256 e. The fourth-order valence-electron chi connectivity index (χ4n) is 1.70. The van der Waals surface area contributed by atoms with Crippen molar-refractivity contribution in [2.75, 3.05) is 0 Å². The van der Waals surface area contributed by atoms with E-state index < -0.39 is 0 Å². The Labute approximate surface area is 84.6 Å². The van der Waals surface area contributed by atoms with E-state index in [0.29, 0.717) is 11.0 Å². The molecule has 3 heterocycles. The van der Waals surface area contributed by atoms with Crippen LogP contribution in [0.15, 0.2) is 41.6 Å². The van der Waals surface area contributed by atoms with Crippen LogP contribution < -0.4 is 5.56 Å². The molecule has 15 heavy (non-hydrogen) atoms. The number of aromatic nitrogens is 3. The molecule has 0 aliphatic rings. The van der Waals surface area contributed by atoms with Crippen LogP contribution in [-0.4, -0.2) is 15.0 Å². The van der Waals surface area contributed by atoms with Crippen molar-refractivity contribution < 1.29 is 0 Å². The van der Waals surface area contributed by atoms with E-state index >= 15 is 0 Å². The first-order chi connectivity index (χ1) is 7.36. The molecule has 3 rings (SSSR count). The molecule has 0 unspecified atom stereocenters. The van der Waals surface area contributed by atoms with Gasteiger partial charge >= 0.3 is 0 Å². The van der Waals surface area contributed by atoms with Crippen molar-refractivity contribution in [2.45, 2.75) is 0 Å².